The maximum Gasteiger partial charge on any atom is 0.328 e. The van der Waals surface area contributed by atoms with Gasteiger partial charge in [0.25, 0.3) is 5.91 Å². The van der Waals surface area contributed by atoms with Crippen molar-refractivity contribution in [1.82, 2.24) is 24.4 Å². The summed E-state index contributed by atoms with van der Waals surface area (Å²) in [6.07, 6.45) is 4.13. The van der Waals surface area contributed by atoms with Gasteiger partial charge in [-0.05, 0) is 54.1 Å². The molecule has 1 unspecified atom stereocenters. The molecule has 31 heavy (non-hydrogen) atoms. The van der Waals surface area contributed by atoms with Gasteiger partial charge in [-0.2, -0.15) is 0 Å². The third-order valence-electron chi connectivity index (χ3n) is 5.44. The minimum absolute atomic E-state index is 0.0547. The van der Waals surface area contributed by atoms with Crippen molar-refractivity contribution in [3.63, 3.8) is 0 Å². The van der Waals surface area contributed by atoms with E-state index in [1.54, 1.807) is 0 Å². The molecule has 1 fully saturated rings. The van der Waals surface area contributed by atoms with Crippen molar-refractivity contribution in [3.8, 4) is 0 Å². The Bertz CT molecular complexity index is 1180. The van der Waals surface area contributed by atoms with E-state index in [1.165, 1.54) is 11.0 Å². The number of aromatic amines is 1. The van der Waals surface area contributed by atoms with Gasteiger partial charge in [0, 0.05) is 24.4 Å². The van der Waals surface area contributed by atoms with Crippen molar-refractivity contribution in [1.29, 1.82) is 4.78 Å². The van der Waals surface area contributed by atoms with Gasteiger partial charge in [-0.3, -0.25) is 14.1 Å². The number of likely N-dealkylation sites (tertiary alicyclic amines) is 1. The van der Waals surface area contributed by atoms with Crippen LogP contribution >= 0.6 is 0 Å². The topological polar surface area (TPSA) is 134 Å². The molecule has 3 aromatic rings. The zero-order valence-corrected chi connectivity index (χ0v) is 18.4. The van der Waals surface area contributed by atoms with E-state index in [1.807, 2.05) is 36.1 Å². The Balaban J connectivity index is 1.60. The summed E-state index contributed by atoms with van der Waals surface area (Å²) >= 11 is 0. The summed E-state index contributed by atoms with van der Waals surface area (Å²) < 4.78 is 9.75. The lowest BCUT2D eigenvalue weighted by Crippen LogP contribution is -2.35. The Morgan fingerprint density at radius 3 is 2.58 bits per heavy atom. The van der Waals surface area contributed by atoms with Crippen LogP contribution in [0.2, 0.25) is 0 Å². The van der Waals surface area contributed by atoms with E-state index in [2.05, 4.69) is 15.0 Å². The van der Waals surface area contributed by atoms with Crippen molar-refractivity contribution < 1.29 is 4.79 Å². The summed E-state index contributed by atoms with van der Waals surface area (Å²) in [5.41, 5.74) is 8.02. The molecule has 1 aliphatic heterocycles. The molecular formula is C21H27N7O2S. The Morgan fingerprint density at radius 1 is 1.19 bits per heavy atom. The maximum absolute atomic E-state index is 12.7. The van der Waals surface area contributed by atoms with E-state index in [-0.39, 0.29) is 24.0 Å². The van der Waals surface area contributed by atoms with E-state index >= 15 is 0 Å². The minimum Gasteiger partial charge on any atom is -0.382 e. The fourth-order valence-electron chi connectivity index (χ4n) is 3.80. The Hall–Kier alpha value is -3.01. The molecule has 10 heteroatoms. The van der Waals surface area contributed by atoms with Crippen LogP contribution in [0, 0.1) is 4.78 Å². The number of fused-ring (bicyclic) bond motifs is 1. The first-order valence-corrected chi connectivity index (χ1v) is 11.9. The van der Waals surface area contributed by atoms with E-state index in [9.17, 15) is 9.59 Å². The van der Waals surface area contributed by atoms with E-state index in [0.717, 1.165) is 37.9 Å². The van der Waals surface area contributed by atoms with E-state index in [4.69, 9.17) is 10.5 Å². The maximum atomic E-state index is 12.7. The number of benzene rings is 1. The van der Waals surface area contributed by atoms with Gasteiger partial charge >= 0.3 is 5.69 Å². The number of nitrogen functional groups attached to an aromatic ring is 1. The Kier molecular flexibility index (Phi) is 6.17. The van der Waals surface area contributed by atoms with Crippen molar-refractivity contribution >= 4 is 33.6 Å². The van der Waals surface area contributed by atoms with Gasteiger partial charge in [-0.1, -0.05) is 19.1 Å². The number of H-pyrrole nitrogens is 1. The largest absolute Gasteiger partial charge is 0.382 e. The molecule has 164 valence electrons. The molecule has 4 N–H and O–H groups in total. The average Bonchev–Trinajstić information content (AvgIpc) is 3.10. The molecule has 1 saturated heterocycles. The number of carbonyl (C=O) groups is 1. The minimum atomic E-state index is -0.880. The van der Waals surface area contributed by atoms with E-state index in [0.29, 0.717) is 27.6 Å². The van der Waals surface area contributed by atoms with Gasteiger partial charge in [-0.25, -0.2) is 14.8 Å². The molecule has 1 atom stereocenters. The van der Waals surface area contributed by atoms with Crippen LogP contribution in [0.1, 0.15) is 48.5 Å². The first kappa shape index (κ1) is 21.2. The quantitative estimate of drug-likeness (QED) is 0.505. The number of hydrogen-bond donors (Lipinski definition) is 3. The number of nitrogens with one attached hydrogen (secondary N) is 2. The van der Waals surface area contributed by atoms with Gasteiger partial charge in [0.2, 0.25) is 5.16 Å². The van der Waals surface area contributed by atoms with Crippen molar-refractivity contribution in [2.24, 2.45) is 0 Å². The van der Waals surface area contributed by atoms with Crippen molar-refractivity contribution in [3.05, 3.63) is 45.9 Å². The molecule has 0 saturated carbocycles. The second kappa shape index (κ2) is 9.01. The van der Waals surface area contributed by atoms with Crippen molar-refractivity contribution in [2.45, 2.75) is 44.3 Å². The second-order valence-electron chi connectivity index (χ2n) is 7.75. The fraction of sp³-hybridized carbons (Fsp3) is 0.429. The lowest BCUT2D eigenvalue weighted by molar-refractivity contribution is 0.0724. The van der Waals surface area contributed by atoms with Gasteiger partial charge in [-0.15, -0.1) is 0 Å². The number of nitrogens with two attached hydrogens (primary N) is 1. The van der Waals surface area contributed by atoms with Crippen LogP contribution in [0.4, 0.5) is 5.82 Å². The van der Waals surface area contributed by atoms with Crippen LogP contribution in [0.15, 0.2) is 34.2 Å². The molecule has 0 radical (unpaired) electrons. The highest BCUT2D eigenvalue weighted by Crippen LogP contribution is 2.18. The lowest BCUT2D eigenvalue weighted by Gasteiger charge is -2.26. The summed E-state index contributed by atoms with van der Waals surface area (Å²) in [6, 6.07) is 7.34. The normalized spacial score (nSPS) is 15.3. The summed E-state index contributed by atoms with van der Waals surface area (Å²) in [6.45, 7) is 3.91. The van der Waals surface area contributed by atoms with Crippen LogP contribution in [0.3, 0.4) is 0 Å². The highest BCUT2D eigenvalue weighted by atomic mass is 32.2. The van der Waals surface area contributed by atoms with Crippen LogP contribution in [-0.2, 0) is 17.2 Å². The van der Waals surface area contributed by atoms with Crippen LogP contribution in [0.5, 0.6) is 0 Å². The van der Waals surface area contributed by atoms with Crippen LogP contribution < -0.4 is 11.4 Å². The lowest BCUT2D eigenvalue weighted by atomic mass is 10.1. The van der Waals surface area contributed by atoms with E-state index < -0.39 is 10.7 Å². The molecular weight excluding hydrogens is 414 g/mol. The van der Waals surface area contributed by atoms with Gasteiger partial charge in [0.15, 0.2) is 11.5 Å². The number of carbonyl (C=O) groups excluding carboxylic acids is 1. The highest BCUT2D eigenvalue weighted by molar-refractivity contribution is 7.85. The third kappa shape index (κ3) is 4.39. The number of piperidine rings is 1. The van der Waals surface area contributed by atoms with Crippen LogP contribution in [-0.4, -0.2) is 49.2 Å². The summed E-state index contributed by atoms with van der Waals surface area (Å²) in [7, 11) is -0.880. The molecule has 3 heterocycles. The number of hydrogen-bond acceptors (Lipinski definition) is 6. The molecule has 0 bridgehead atoms. The summed E-state index contributed by atoms with van der Waals surface area (Å²) in [4.78, 5) is 38.6. The molecule has 4 rings (SSSR count). The number of nitrogens with zero attached hydrogens (tertiary/aromatic N) is 4. The summed E-state index contributed by atoms with van der Waals surface area (Å²) in [5, 5.41) is 0.349. The zero-order chi connectivity index (χ0) is 22.0. The number of anilines is 1. The first-order chi connectivity index (χ1) is 15.0. The predicted molar refractivity (Wildman–Crippen MR) is 121 cm³/mol. The average molecular weight is 442 g/mol. The second-order valence-corrected chi connectivity index (χ2v) is 9.31. The number of amides is 1. The highest BCUT2D eigenvalue weighted by Gasteiger charge is 2.19. The zero-order valence-electron chi connectivity index (χ0n) is 17.6. The Morgan fingerprint density at radius 2 is 1.90 bits per heavy atom. The number of rotatable bonds is 6. The standard InChI is InChI=1S/C21H27N7O2S/c1-2-12-31(23)20-25-17(22)16-18(26-20)28(21(30)24-16)13-14-6-8-15(9-7-14)19(29)27-10-4-3-5-11-27/h6-9,23H,2-5,10-13H2,1H3,(H,24,30)(H2,22,25,26). The monoisotopic (exact) mass is 441 g/mol. The fourth-order valence-corrected chi connectivity index (χ4v) is 4.79. The molecule has 9 nitrogen and oxygen atoms in total. The molecule has 1 aromatic carbocycles. The first-order valence-electron chi connectivity index (χ1n) is 10.5. The molecule has 1 aliphatic rings. The SMILES string of the molecule is CCCS(=N)c1nc(N)c2[nH]c(=O)n(Cc3ccc(C(=O)N4CCCCC4)cc3)c2n1. The van der Waals surface area contributed by atoms with Gasteiger partial charge in [0.05, 0.1) is 6.54 Å². The summed E-state index contributed by atoms with van der Waals surface area (Å²) in [5.74, 6) is 0.879. The van der Waals surface area contributed by atoms with Gasteiger partial charge < -0.3 is 15.6 Å². The molecule has 0 spiro atoms. The molecule has 2 aromatic heterocycles. The molecule has 1 amide bonds. The molecule has 0 aliphatic carbocycles. The van der Waals surface area contributed by atoms with Crippen molar-refractivity contribution in [2.75, 3.05) is 24.6 Å². The van der Waals surface area contributed by atoms with Crippen LogP contribution in [0.25, 0.3) is 11.2 Å². The number of aromatic nitrogens is 4. The van der Waals surface area contributed by atoms with Gasteiger partial charge in [0.1, 0.15) is 5.52 Å². The predicted octanol–water partition coefficient (Wildman–Crippen LogP) is 2.53. The third-order valence-corrected chi connectivity index (χ3v) is 6.88. The smallest absolute Gasteiger partial charge is 0.328 e. The Labute approximate surface area is 182 Å². The number of imidazole rings is 1.